The molecule has 3 aromatic carbocycles. The highest BCUT2D eigenvalue weighted by Crippen LogP contribution is 2.40. The molecule has 0 saturated carbocycles. The minimum atomic E-state index is -0.717. The first-order chi connectivity index (χ1) is 29.7. The lowest BCUT2D eigenvalue weighted by Crippen LogP contribution is -2.46. The number of aromatic amines is 1. The van der Waals surface area contributed by atoms with Crippen LogP contribution in [0.1, 0.15) is 85.8 Å². The number of aryl methyl sites for hydroxylation is 2. The van der Waals surface area contributed by atoms with Gasteiger partial charge in [0, 0.05) is 62.6 Å². The molecular formula is C45H49N11O6. The molecule has 320 valence electrons. The molecule has 3 N–H and O–H groups in total. The Hall–Kier alpha value is -6.88. The lowest BCUT2D eigenvalue weighted by Gasteiger charge is -2.36. The topological polar surface area (TPSA) is 198 Å². The van der Waals surface area contributed by atoms with E-state index < -0.39 is 17.9 Å². The van der Waals surface area contributed by atoms with Gasteiger partial charge in [-0.15, -0.1) is 0 Å². The summed E-state index contributed by atoms with van der Waals surface area (Å²) in [6.45, 7) is 13.7. The van der Waals surface area contributed by atoms with E-state index in [4.69, 9.17) is 14.2 Å². The van der Waals surface area contributed by atoms with E-state index in [0.717, 1.165) is 87.4 Å². The van der Waals surface area contributed by atoms with Crippen LogP contribution in [0.2, 0.25) is 0 Å². The first kappa shape index (κ1) is 40.5. The Labute approximate surface area is 356 Å². The van der Waals surface area contributed by atoms with E-state index >= 15 is 0 Å². The van der Waals surface area contributed by atoms with Crippen LogP contribution in [0.4, 0.5) is 5.69 Å². The van der Waals surface area contributed by atoms with E-state index in [-0.39, 0.29) is 35.4 Å². The number of imidazole rings is 1. The van der Waals surface area contributed by atoms with Gasteiger partial charge in [0.25, 0.3) is 0 Å². The van der Waals surface area contributed by atoms with Crippen LogP contribution in [0.3, 0.4) is 0 Å². The number of ether oxygens (including phenoxy) is 1. The zero-order valence-electron chi connectivity index (χ0n) is 35.8. The van der Waals surface area contributed by atoms with Crippen molar-refractivity contribution in [1.29, 1.82) is 0 Å². The van der Waals surface area contributed by atoms with Crippen molar-refractivity contribution in [2.75, 3.05) is 38.2 Å². The van der Waals surface area contributed by atoms with Gasteiger partial charge in [0.1, 0.15) is 23.8 Å². The predicted molar refractivity (Wildman–Crippen MR) is 233 cm³/mol. The summed E-state index contributed by atoms with van der Waals surface area (Å²) in [6.07, 6.45) is 2.06. The molecule has 2 fully saturated rings. The number of imide groups is 1. The normalized spacial score (nSPS) is 17.0. The number of nitrogens with one attached hydrogen (secondary N) is 3. The molecule has 9 rings (SSSR count). The number of H-pyrrole nitrogens is 1. The number of amides is 3. The van der Waals surface area contributed by atoms with Gasteiger partial charge in [-0.3, -0.25) is 33.7 Å². The van der Waals surface area contributed by atoms with Crippen molar-refractivity contribution in [2.24, 2.45) is 7.05 Å². The van der Waals surface area contributed by atoms with Crippen molar-refractivity contribution in [3.63, 3.8) is 0 Å². The van der Waals surface area contributed by atoms with E-state index in [1.165, 1.54) is 4.57 Å². The number of nitrogens with zero attached hydrogens (tertiary/aromatic N) is 8. The average molecular weight is 840 g/mol. The van der Waals surface area contributed by atoms with Crippen molar-refractivity contribution in [1.82, 2.24) is 49.8 Å². The molecule has 0 radical (unpaired) electrons. The number of fused-ring (bicyclic) bond motifs is 4. The maximum atomic E-state index is 13.3. The number of anilines is 1. The van der Waals surface area contributed by atoms with Crippen molar-refractivity contribution in [3.8, 4) is 17.0 Å². The van der Waals surface area contributed by atoms with Crippen molar-refractivity contribution in [2.45, 2.75) is 71.5 Å². The lowest BCUT2D eigenvalue weighted by atomic mass is 9.96. The van der Waals surface area contributed by atoms with E-state index in [2.05, 4.69) is 58.7 Å². The fraction of sp³-hybridized carbons (Fsp3) is 0.378. The third-order valence-electron chi connectivity index (χ3n) is 12.1. The SMILES string of the molecule is COc1cc2c(cc1N1CCN(Cc3ccc4c(c3)n(C)c(=O)n4C3CCC(=O)NC3=O)CC1)[nH]c1ncnc(-c3ccc([C@@H](C)NC(=O)c4nc(C(C)(C)C)no4)c(C)c3)c12. The largest absolute Gasteiger partial charge is 0.495 e. The zero-order valence-corrected chi connectivity index (χ0v) is 35.8. The Morgan fingerprint density at radius 1 is 1.02 bits per heavy atom. The van der Waals surface area contributed by atoms with Gasteiger partial charge < -0.3 is 24.5 Å². The molecule has 62 heavy (non-hydrogen) atoms. The molecule has 7 aromatic rings. The Kier molecular flexibility index (Phi) is 10.2. The maximum Gasteiger partial charge on any atom is 0.329 e. The van der Waals surface area contributed by atoms with Gasteiger partial charge in [0.2, 0.25) is 11.8 Å². The minimum Gasteiger partial charge on any atom is -0.495 e. The van der Waals surface area contributed by atoms with E-state index in [1.54, 1.807) is 25.1 Å². The Morgan fingerprint density at radius 2 is 1.81 bits per heavy atom. The molecule has 0 aliphatic carbocycles. The van der Waals surface area contributed by atoms with Crippen LogP contribution in [0.15, 0.2) is 64.2 Å². The standard InChI is InChI=1S/C45H49N11O6/c1-24-18-27(9-10-28(24)25(2)48-41(59)42-51-43(52-62-42)45(3,4)5)38-37-29-20-35(61-7)34(21-30(29)49-39(37)47-23-46-38)55-16-14-54(15-17-55)22-26-8-11-31-33(19-26)53(6)44(60)56(31)32-12-13-36(57)50-40(32)58/h8-11,18-21,23,25,32H,12-17,22H2,1-7H3,(H,48,59)(H,46,47,49)(H,50,57,58)/t25-,32?/m1/s1. The van der Waals surface area contributed by atoms with Crippen LogP contribution in [-0.2, 0) is 28.6 Å². The summed E-state index contributed by atoms with van der Waals surface area (Å²) >= 11 is 0. The molecule has 17 heteroatoms. The summed E-state index contributed by atoms with van der Waals surface area (Å²) in [6, 6.07) is 15.2. The van der Waals surface area contributed by atoms with Crippen LogP contribution < -0.4 is 26.0 Å². The van der Waals surface area contributed by atoms with Gasteiger partial charge in [-0.25, -0.2) is 14.8 Å². The molecule has 0 spiro atoms. The number of piperazine rings is 1. The summed E-state index contributed by atoms with van der Waals surface area (Å²) in [5, 5.41) is 11.2. The van der Waals surface area contributed by atoms with Crippen molar-refractivity contribution >= 4 is 56.4 Å². The smallest absolute Gasteiger partial charge is 0.329 e. The van der Waals surface area contributed by atoms with Crippen LogP contribution in [0, 0.1) is 6.92 Å². The van der Waals surface area contributed by atoms with Gasteiger partial charge in [-0.2, -0.15) is 4.98 Å². The third kappa shape index (κ3) is 7.25. The molecule has 2 aliphatic heterocycles. The Balaban J connectivity index is 0.910. The second kappa shape index (κ2) is 15.5. The summed E-state index contributed by atoms with van der Waals surface area (Å²) in [5.41, 5.74) is 8.12. The average Bonchev–Trinajstić information content (AvgIpc) is 3.96. The number of carbonyl (C=O) groups excluding carboxylic acids is 3. The second-order valence-corrected chi connectivity index (χ2v) is 17.3. The third-order valence-corrected chi connectivity index (χ3v) is 12.1. The number of carbonyl (C=O) groups is 3. The van der Waals surface area contributed by atoms with Gasteiger partial charge >= 0.3 is 17.5 Å². The van der Waals surface area contributed by atoms with Crippen LogP contribution in [0.5, 0.6) is 5.75 Å². The molecule has 17 nitrogen and oxygen atoms in total. The Bertz CT molecular complexity index is 2980. The fourth-order valence-electron chi connectivity index (χ4n) is 8.78. The first-order valence-corrected chi connectivity index (χ1v) is 20.8. The quantitative estimate of drug-likeness (QED) is 0.161. The number of hydrogen-bond acceptors (Lipinski definition) is 12. The highest BCUT2D eigenvalue weighted by atomic mass is 16.5. The number of methoxy groups -OCH3 is 1. The molecular weight excluding hydrogens is 791 g/mol. The molecule has 4 aromatic heterocycles. The number of benzene rings is 3. The van der Waals surface area contributed by atoms with Crippen LogP contribution >= 0.6 is 0 Å². The monoisotopic (exact) mass is 839 g/mol. The maximum absolute atomic E-state index is 13.3. The summed E-state index contributed by atoms with van der Waals surface area (Å²) in [7, 11) is 3.40. The van der Waals surface area contributed by atoms with Gasteiger partial charge in [-0.05, 0) is 67.3 Å². The zero-order chi connectivity index (χ0) is 43.6. The van der Waals surface area contributed by atoms with Gasteiger partial charge in [0.15, 0.2) is 5.82 Å². The summed E-state index contributed by atoms with van der Waals surface area (Å²) < 4.78 is 14.4. The van der Waals surface area contributed by atoms with Crippen LogP contribution in [-0.4, -0.2) is 90.1 Å². The van der Waals surface area contributed by atoms with Crippen molar-refractivity contribution < 1.29 is 23.6 Å². The van der Waals surface area contributed by atoms with Gasteiger partial charge in [-0.1, -0.05) is 44.1 Å². The molecule has 0 bridgehead atoms. The summed E-state index contributed by atoms with van der Waals surface area (Å²) in [5.74, 6) is -0.0296. The molecule has 6 heterocycles. The molecule has 2 saturated heterocycles. The number of hydrogen-bond donors (Lipinski definition) is 3. The molecule has 3 amide bonds. The highest BCUT2D eigenvalue weighted by Gasteiger charge is 2.32. The van der Waals surface area contributed by atoms with Gasteiger partial charge in [0.05, 0.1) is 46.5 Å². The molecule has 2 aliphatic rings. The molecule has 2 atom stereocenters. The molecule has 1 unspecified atom stereocenters. The Morgan fingerprint density at radius 3 is 2.52 bits per heavy atom. The van der Waals surface area contributed by atoms with Crippen molar-refractivity contribution in [3.05, 3.63) is 93.7 Å². The fourth-order valence-corrected chi connectivity index (χ4v) is 8.78. The van der Waals surface area contributed by atoms with Crippen LogP contribution in [0.25, 0.3) is 44.2 Å². The predicted octanol–water partition coefficient (Wildman–Crippen LogP) is 5.22. The lowest BCUT2D eigenvalue weighted by molar-refractivity contribution is -0.135. The number of rotatable bonds is 9. The summed E-state index contributed by atoms with van der Waals surface area (Å²) in [4.78, 5) is 72.6. The van der Waals surface area contributed by atoms with E-state index in [0.29, 0.717) is 30.0 Å². The van der Waals surface area contributed by atoms with E-state index in [9.17, 15) is 19.2 Å². The number of piperidine rings is 1. The second-order valence-electron chi connectivity index (χ2n) is 17.3. The highest BCUT2D eigenvalue weighted by molar-refractivity contribution is 6.13. The number of aromatic nitrogens is 7. The van der Waals surface area contributed by atoms with E-state index in [1.807, 2.05) is 65.0 Å². The first-order valence-electron chi connectivity index (χ1n) is 20.8. The minimum absolute atomic E-state index is 0.0666.